The van der Waals surface area contributed by atoms with Gasteiger partial charge in [0.15, 0.2) is 0 Å². The minimum Gasteiger partial charge on any atom is -0.309 e. The van der Waals surface area contributed by atoms with Gasteiger partial charge in [-0.15, -0.1) is 0 Å². The van der Waals surface area contributed by atoms with E-state index in [1.165, 1.54) is 71.2 Å². The van der Waals surface area contributed by atoms with Crippen LogP contribution >= 0.6 is 0 Å². The second kappa shape index (κ2) is 14.1. The van der Waals surface area contributed by atoms with Crippen molar-refractivity contribution >= 4 is 60.4 Å². The first-order valence-electron chi connectivity index (χ1n) is 19.9. The molecule has 0 saturated carbocycles. The van der Waals surface area contributed by atoms with Gasteiger partial charge in [0.05, 0.1) is 22.4 Å². The third kappa shape index (κ3) is 5.74. The number of benzene rings is 10. The van der Waals surface area contributed by atoms with Crippen LogP contribution in [0.1, 0.15) is 0 Å². The first-order valence-corrected chi connectivity index (χ1v) is 19.9. The van der Waals surface area contributed by atoms with Gasteiger partial charge in [0.25, 0.3) is 0 Å². The van der Waals surface area contributed by atoms with E-state index in [0.717, 1.165) is 28.3 Å². The maximum absolute atomic E-state index is 2.49. The average molecular weight is 739 g/mol. The van der Waals surface area contributed by atoms with E-state index < -0.39 is 0 Å². The number of fused-ring (bicyclic) bond motifs is 5. The zero-order valence-corrected chi connectivity index (χ0v) is 31.8. The van der Waals surface area contributed by atoms with E-state index in [4.69, 9.17) is 0 Å². The van der Waals surface area contributed by atoms with E-state index in [1.54, 1.807) is 0 Å². The SMILES string of the molecule is c1ccc(-c2ccc(N(c3ccc4c5ccccc5n(-c5cc6ccccc6cc5-c5ccccc5)c4c3)c3c(-c4ccccc4)ccc4ccccc34)cc2)cc1. The van der Waals surface area contributed by atoms with Gasteiger partial charge >= 0.3 is 0 Å². The van der Waals surface area contributed by atoms with Gasteiger partial charge in [-0.25, -0.2) is 0 Å². The summed E-state index contributed by atoms with van der Waals surface area (Å²) in [5, 5.41) is 7.26. The fourth-order valence-corrected chi connectivity index (χ4v) is 8.81. The topological polar surface area (TPSA) is 8.17 Å². The highest BCUT2D eigenvalue weighted by atomic mass is 15.1. The predicted octanol–water partition coefficient (Wildman–Crippen LogP) is 15.6. The van der Waals surface area contributed by atoms with Crippen LogP contribution in [0.25, 0.3) is 82.4 Å². The van der Waals surface area contributed by atoms with Gasteiger partial charge in [-0.1, -0.05) is 188 Å². The summed E-state index contributed by atoms with van der Waals surface area (Å²) >= 11 is 0. The van der Waals surface area contributed by atoms with Crippen molar-refractivity contribution in [3.05, 3.63) is 231 Å². The van der Waals surface area contributed by atoms with Crippen LogP contribution in [0, 0.1) is 0 Å². The average Bonchev–Trinajstić information content (AvgIpc) is 3.63. The fraction of sp³-hybridized carbons (Fsp3) is 0. The first-order chi connectivity index (χ1) is 28.8. The van der Waals surface area contributed by atoms with Gasteiger partial charge in [0, 0.05) is 38.7 Å². The van der Waals surface area contributed by atoms with Crippen LogP contribution in [-0.2, 0) is 0 Å². The van der Waals surface area contributed by atoms with E-state index in [2.05, 4.69) is 240 Å². The summed E-state index contributed by atoms with van der Waals surface area (Å²) in [6.45, 7) is 0. The molecule has 0 aliphatic rings. The Balaban J connectivity index is 1.22. The Bertz CT molecular complexity index is 3250. The summed E-state index contributed by atoms with van der Waals surface area (Å²) in [7, 11) is 0. The second-order valence-electron chi connectivity index (χ2n) is 14.9. The van der Waals surface area contributed by atoms with Gasteiger partial charge in [-0.3, -0.25) is 0 Å². The summed E-state index contributed by atoms with van der Waals surface area (Å²) in [5.41, 5.74) is 13.9. The molecule has 0 spiro atoms. The van der Waals surface area contributed by atoms with Gasteiger partial charge in [0.2, 0.25) is 0 Å². The van der Waals surface area contributed by atoms with Crippen LogP contribution in [0.15, 0.2) is 231 Å². The number of rotatable bonds is 7. The van der Waals surface area contributed by atoms with E-state index in [1.807, 2.05) is 0 Å². The van der Waals surface area contributed by atoms with Crippen LogP contribution in [0.2, 0.25) is 0 Å². The third-order valence-electron chi connectivity index (χ3n) is 11.5. The highest BCUT2D eigenvalue weighted by Crippen LogP contribution is 2.47. The molecule has 0 amide bonds. The standard InChI is InChI=1S/C56H38N2/c1-4-16-39(17-5-1)40-28-31-46(32-29-40)57(56-48-25-13-12-22-43(48)30-34-49(56)41-18-6-2-7-19-41)47-33-35-51-50-26-14-15-27-53(50)58(55(51)38-47)54-37-45-24-11-10-23-44(45)36-52(54)42-20-8-3-9-21-42/h1-38H. The molecular weight excluding hydrogens is 701 g/mol. The zero-order valence-electron chi connectivity index (χ0n) is 31.8. The van der Waals surface area contributed by atoms with Crippen molar-refractivity contribution in [3.8, 4) is 39.1 Å². The molecule has 10 aromatic carbocycles. The molecule has 0 N–H and O–H groups in total. The van der Waals surface area contributed by atoms with Crippen molar-refractivity contribution in [1.29, 1.82) is 0 Å². The monoisotopic (exact) mass is 738 g/mol. The molecule has 0 aliphatic heterocycles. The second-order valence-corrected chi connectivity index (χ2v) is 14.9. The largest absolute Gasteiger partial charge is 0.309 e. The maximum atomic E-state index is 2.49. The number of aromatic nitrogens is 1. The molecule has 0 fully saturated rings. The van der Waals surface area contributed by atoms with Crippen LogP contribution < -0.4 is 4.90 Å². The molecule has 11 aromatic rings. The van der Waals surface area contributed by atoms with E-state index >= 15 is 0 Å². The zero-order chi connectivity index (χ0) is 38.4. The lowest BCUT2D eigenvalue weighted by molar-refractivity contribution is 1.18. The van der Waals surface area contributed by atoms with Crippen molar-refractivity contribution in [2.24, 2.45) is 0 Å². The van der Waals surface area contributed by atoms with Crippen molar-refractivity contribution in [3.63, 3.8) is 0 Å². The smallest absolute Gasteiger partial charge is 0.0618 e. The van der Waals surface area contributed by atoms with Crippen LogP contribution in [0.5, 0.6) is 0 Å². The summed E-state index contributed by atoms with van der Waals surface area (Å²) in [5.74, 6) is 0. The summed E-state index contributed by atoms with van der Waals surface area (Å²) in [4.78, 5) is 2.47. The van der Waals surface area contributed by atoms with Gasteiger partial charge < -0.3 is 9.47 Å². The van der Waals surface area contributed by atoms with Crippen molar-refractivity contribution < 1.29 is 0 Å². The molecule has 0 atom stereocenters. The van der Waals surface area contributed by atoms with Gasteiger partial charge in [0.1, 0.15) is 0 Å². The van der Waals surface area contributed by atoms with Crippen molar-refractivity contribution in [1.82, 2.24) is 4.57 Å². The quantitative estimate of drug-likeness (QED) is 0.158. The lowest BCUT2D eigenvalue weighted by Gasteiger charge is -2.30. The minimum absolute atomic E-state index is 1.08. The number of hydrogen-bond donors (Lipinski definition) is 0. The molecule has 0 saturated heterocycles. The number of nitrogens with zero attached hydrogens (tertiary/aromatic N) is 2. The Kier molecular flexibility index (Phi) is 8.19. The molecule has 11 rings (SSSR count). The molecule has 1 aromatic heterocycles. The van der Waals surface area contributed by atoms with E-state index in [-0.39, 0.29) is 0 Å². The highest BCUT2D eigenvalue weighted by Gasteiger charge is 2.23. The van der Waals surface area contributed by atoms with E-state index in [0.29, 0.717) is 0 Å². The van der Waals surface area contributed by atoms with Crippen LogP contribution in [0.3, 0.4) is 0 Å². The Morgan fingerprint density at radius 2 is 0.810 bits per heavy atom. The summed E-state index contributed by atoms with van der Waals surface area (Å²) in [6.07, 6.45) is 0. The fourth-order valence-electron chi connectivity index (χ4n) is 8.81. The van der Waals surface area contributed by atoms with Crippen molar-refractivity contribution in [2.75, 3.05) is 4.90 Å². The number of anilines is 3. The minimum atomic E-state index is 1.08. The molecule has 0 radical (unpaired) electrons. The lowest BCUT2D eigenvalue weighted by Crippen LogP contribution is -2.12. The highest BCUT2D eigenvalue weighted by molar-refractivity contribution is 6.13. The normalized spacial score (nSPS) is 11.4. The van der Waals surface area contributed by atoms with Gasteiger partial charge in [-0.05, 0) is 80.9 Å². The first kappa shape index (κ1) is 33.6. The van der Waals surface area contributed by atoms with Crippen LogP contribution in [-0.4, -0.2) is 4.57 Å². The van der Waals surface area contributed by atoms with E-state index in [9.17, 15) is 0 Å². The number of hydrogen-bond acceptors (Lipinski definition) is 1. The van der Waals surface area contributed by atoms with Crippen molar-refractivity contribution in [2.45, 2.75) is 0 Å². The molecule has 58 heavy (non-hydrogen) atoms. The summed E-state index contributed by atoms with van der Waals surface area (Å²) < 4.78 is 2.49. The molecule has 0 bridgehead atoms. The third-order valence-corrected chi connectivity index (χ3v) is 11.5. The summed E-state index contributed by atoms with van der Waals surface area (Å²) in [6, 6.07) is 83.9. The molecule has 272 valence electrons. The molecule has 0 unspecified atom stereocenters. The number of para-hydroxylation sites is 1. The Hall–Kier alpha value is -7.68. The molecule has 0 aliphatic carbocycles. The maximum Gasteiger partial charge on any atom is 0.0618 e. The lowest BCUT2D eigenvalue weighted by atomic mass is 9.96. The Morgan fingerprint density at radius 3 is 1.52 bits per heavy atom. The Labute approximate surface area is 338 Å². The molecule has 2 heteroatoms. The molecule has 2 nitrogen and oxygen atoms in total. The predicted molar refractivity (Wildman–Crippen MR) is 247 cm³/mol. The molecule has 1 heterocycles. The van der Waals surface area contributed by atoms with Gasteiger partial charge in [-0.2, -0.15) is 0 Å². The Morgan fingerprint density at radius 1 is 0.293 bits per heavy atom. The molecular formula is C56H38N2. The van der Waals surface area contributed by atoms with Crippen LogP contribution in [0.4, 0.5) is 17.1 Å².